The van der Waals surface area contributed by atoms with E-state index in [0.29, 0.717) is 5.56 Å². The van der Waals surface area contributed by atoms with Crippen LogP contribution in [0.5, 0.6) is 11.5 Å². The van der Waals surface area contributed by atoms with Crippen molar-refractivity contribution in [3.8, 4) is 11.5 Å². The number of benzene rings is 3. The minimum absolute atomic E-state index is 0.299. The minimum Gasteiger partial charge on any atom is -0.478 e. The summed E-state index contributed by atoms with van der Waals surface area (Å²) in [7, 11) is 0. The summed E-state index contributed by atoms with van der Waals surface area (Å²) < 4.78 is 6.43. The van der Waals surface area contributed by atoms with Crippen LogP contribution in [0.4, 0.5) is 0 Å². The first-order valence-electron chi connectivity index (χ1n) is 10.9. The van der Waals surface area contributed by atoms with Gasteiger partial charge in [0.25, 0.3) is 0 Å². The number of ether oxygens (including phenoxy) is 1. The van der Waals surface area contributed by atoms with Gasteiger partial charge in [-0.15, -0.1) is 0 Å². The number of fused-ring (bicyclic) bond motifs is 2. The molecule has 158 valence electrons. The Balaban J connectivity index is 2.14. The maximum atomic E-state index is 12.1. The second kappa shape index (κ2) is 8.43. The summed E-state index contributed by atoms with van der Waals surface area (Å²) in [4.78, 5) is 12.1. The number of hydrogen-bond donors (Lipinski definition) is 1. The zero-order valence-electron chi connectivity index (χ0n) is 18.6. The van der Waals surface area contributed by atoms with Crippen molar-refractivity contribution < 1.29 is 14.6 Å². The van der Waals surface area contributed by atoms with E-state index in [2.05, 4.69) is 58.0 Å². The van der Waals surface area contributed by atoms with Crippen LogP contribution in [0, 0.1) is 13.8 Å². The number of hydrogen-bond acceptors (Lipinski definition) is 2. The van der Waals surface area contributed by atoms with Crippen LogP contribution in [0.3, 0.4) is 0 Å². The molecule has 4 rings (SSSR count). The van der Waals surface area contributed by atoms with Crippen molar-refractivity contribution >= 4 is 17.6 Å². The monoisotopic (exact) mass is 412 g/mol. The van der Waals surface area contributed by atoms with Crippen LogP contribution in [0.2, 0.25) is 0 Å². The van der Waals surface area contributed by atoms with Gasteiger partial charge in [0.05, 0.1) is 5.56 Å². The topological polar surface area (TPSA) is 46.5 Å². The number of carbonyl (C=O) groups is 1. The number of aromatic carboxylic acids is 1. The quantitative estimate of drug-likeness (QED) is 0.471. The van der Waals surface area contributed by atoms with E-state index in [0.717, 1.165) is 63.5 Å². The Morgan fingerprint density at radius 2 is 1.74 bits per heavy atom. The maximum Gasteiger partial charge on any atom is 0.336 e. The molecule has 0 bridgehead atoms. The molecule has 31 heavy (non-hydrogen) atoms. The summed E-state index contributed by atoms with van der Waals surface area (Å²) in [5.41, 5.74) is 6.51. The number of aryl methyl sites for hydroxylation is 3. The van der Waals surface area contributed by atoms with E-state index in [1.807, 2.05) is 12.1 Å². The highest BCUT2D eigenvalue weighted by molar-refractivity contribution is 5.98. The molecule has 3 nitrogen and oxygen atoms in total. The average Bonchev–Trinajstić information content (AvgIpc) is 2.74. The first-order valence-corrected chi connectivity index (χ1v) is 10.9. The molecule has 3 aromatic carbocycles. The van der Waals surface area contributed by atoms with E-state index in [-0.39, 0.29) is 0 Å². The fourth-order valence-electron chi connectivity index (χ4n) is 4.41. The molecule has 1 heterocycles. The maximum absolute atomic E-state index is 12.1. The molecule has 0 aromatic heterocycles. The van der Waals surface area contributed by atoms with Gasteiger partial charge in [-0.1, -0.05) is 44.5 Å². The summed E-state index contributed by atoms with van der Waals surface area (Å²) in [5.74, 6) is 0.645. The fourth-order valence-corrected chi connectivity index (χ4v) is 4.41. The van der Waals surface area contributed by atoms with Crippen LogP contribution in [0.25, 0.3) is 11.6 Å². The van der Waals surface area contributed by atoms with Gasteiger partial charge in [-0.25, -0.2) is 4.79 Å². The second-order valence-electron chi connectivity index (χ2n) is 8.17. The third-order valence-corrected chi connectivity index (χ3v) is 5.94. The molecule has 3 aromatic rings. The Labute approximate surface area is 183 Å². The Hall–Kier alpha value is -3.33. The van der Waals surface area contributed by atoms with E-state index in [1.54, 1.807) is 12.1 Å². The van der Waals surface area contributed by atoms with Crippen molar-refractivity contribution in [1.82, 2.24) is 0 Å². The Bertz CT molecular complexity index is 1300. The van der Waals surface area contributed by atoms with Gasteiger partial charge in [0, 0.05) is 16.4 Å². The summed E-state index contributed by atoms with van der Waals surface area (Å²) in [5, 5.41) is 12.0. The van der Waals surface area contributed by atoms with Gasteiger partial charge < -0.3 is 9.84 Å². The lowest BCUT2D eigenvalue weighted by Gasteiger charge is -2.24. The summed E-state index contributed by atoms with van der Waals surface area (Å²) >= 11 is 0. The van der Waals surface area contributed by atoms with Gasteiger partial charge in [-0.3, -0.25) is 0 Å². The second-order valence-corrected chi connectivity index (χ2v) is 8.17. The molecule has 3 heteroatoms. The van der Waals surface area contributed by atoms with Crippen LogP contribution in [0.1, 0.15) is 64.9 Å². The molecule has 0 unspecified atom stereocenters. The van der Waals surface area contributed by atoms with Crippen molar-refractivity contribution in [1.29, 1.82) is 0 Å². The zero-order chi connectivity index (χ0) is 22.1. The molecule has 0 saturated carbocycles. The number of carboxylic acids is 1. The number of carboxylic acid groups (broad SMARTS) is 1. The summed E-state index contributed by atoms with van der Waals surface area (Å²) in [6.45, 7) is 8.50. The van der Waals surface area contributed by atoms with Crippen molar-refractivity contribution in [2.45, 2.75) is 47.0 Å². The Kier molecular flexibility index (Phi) is 5.69. The van der Waals surface area contributed by atoms with Gasteiger partial charge in [0.15, 0.2) is 0 Å². The molecule has 0 atom stereocenters. The normalized spacial score (nSPS) is 12.9. The Morgan fingerprint density at radius 1 is 0.968 bits per heavy atom. The molecule has 0 radical (unpaired) electrons. The van der Waals surface area contributed by atoms with Crippen LogP contribution in [-0.4, -0.2) is 11.1 Å². The highest BCUT2D eigenvalue weighted by Crippen LogP contribution is 2.39. The average molecular weight is 413 g/mol. The van der Waals surface area contributed by atoms with Crippen LogP contribution in [0.15, 0.2) is 48.5 Å². The molecular formula is C28H28O3. The van der Waals surface area contributed by atoms with E-state index in [1.165, 1.54) is 11.1 Å². The van der Waals surface area contributed by atoms with Crippen LogP contribution >= 0.6 is 0 Å². The van der Waals surface area contributed by atoms with E-state index < -0.39 is 5.97 Å². The van der Waals surface area contributed by atoms with Gasteiger partial charge in [0.2, 0.25) is 0 Å². The lowest BCUT2D eigenvalue weighted by molar-refractivity contribution is 0.0696. The van der Waals surface area contributed by atoms with Gasteiger partial charge in [-0.05, 0) is 84.5 Å². The van der Waals surface area contributed by atoms with E-state index in [9.17, 15) is 9.90 Å². The molecule has 0 spiro atoms. The molecule has 1 aliphatic heterocycles. The standard InChI is InChI=1S/C28H28O3/c1-5-9-19-15-25-23(13-17(19)3)27(21-11-7-8-12-22(21)28(29)30)24-14-18(4)20(10-6-2)16-26(24)31-25/h7-9,11-16H,5-6,10H2,1-4H3,(H,29,30)/b19-9-. The molecule has 0 aliphatic carbocycles. The van der Waals surface area contributed by atoms with Gasteiger partial charge in [0.1, 0.15) is 11.5 Å². The Morgan fingerprint density at radius 3 is 2.45 bits per heavy atom. The minimum atomic E-state index is -0.926. The predicted octanol–water partition coefficient (Wildman–Crippen LogP) is 5.50. The molecule has 0 amide bonds. The van der Waals surface area contributed by atoms with E-state index >= 15 is 0 Å². The lowest BCUT2D eigenvalue weighted by atomic mass is 9.87. The molecular weight excluding hydrogens is 384 g/mol. The number of rotatable bonds is 5. The van der Waals surface area contributed by atoms with Crippen molar-refractivity contribution in [3.05, 3.63) is 92.3 Å². The van der Waals surface area contributed by atoms with Crippen LogP contribution < -0.4 is 15.2 Å². The SMILES string of the molecule is CC/C=c1/cc2c(cc1C)=C(c1ccccc1C(=O)O)c1cc(C)c(CCC)cc1O2. The molecule has 0 fully saturated rings. The van der Waals surface area contributed by atoms with Crippen molar-refractivity contribution in [2.75, 3.05) is 0 Å². The first kappa shape index (κ1) is 20.9. The smallest absolute Gasteiger partial charge is 0.336 e. The fraction of sp³-hybridized carbons (Fsp3) is 0.250. The predicted molar refractivity (Wildman–Crippen MR) is 125 cm³/mol. The first-order chi connectivity index (χ1) is 14.9. The van der Waals surface area contributed by atoms with Gasteiger partial charge >= 0.3 is 5.97 Å². The van der Waals surface area contributed by atoms with Crippen molar-refractivity contribution in [2.24, 2.45) is 0 Å². The molecule has 1 aliphatic rings. The van der Waals surface area contributed by atoms with E-state index in [4.69, 9.17) is 4.74 Å². The summed E-state index contributed by atoms with van der Waals surface area (Å²) in [6.07, 6.45) is 5.17. The zero-order valence-corrected chi connectivity index (χ0v) is 18.6. The largest absolute Gasteiger partial charge is 0.478 e. The third kappa shape index (κ3) is 3.76. The molecule has 1 N–H and O–H groups in total. The lowest BCUT2D eigenvalue weighted by Crippen LogP contribution is -2.23. The summed E-state index contributed by atoms with van der Waals surface area (Å²) in [6, 6.07) is 15.7. The third-order valence-electron chi connectivity index (χ3n) is 5.94. The van der Waals surface area contributed by atoms with Crippen LogP contribution in [-0.2, 0) is 6.42 Å². The highest BCUT2D eigenvalue weighted by atomic mass is 16.5. The van der Waals surface area contributed by atoms with Crippen molar-refractivity contribution in [3.63, 3.8) is 0 Å². The highest BCUT2D eigenvalue weighted by Gasteiger charge is 2.24. The van der Waals surface area contributed by atoms with Gasteiger partial charge in [-0.2, -0.15) is 0 Å². The molecule has 0 saturated heterocycles.